The van der Waals surface area contributed by atoms with E-state index in [-0.39, 0.29) is 11.7 Å². The smallest absolute Gasteiger partial charge is 0.306 e. The predicted molar refractivity (Wildman–Crippen MR) is 65.7 cm³/mol. The summed E-state index contributed by atoms with van der Waals surface area (Å²) in [5.74, 6) is -0.210. The summed E-state index contributed by atoms with van der Waals surface area (Å²) in [6.07, 6.45) is 4.56. The second-order valence-electron chi connectivity index (χ2n) is 4.89. The Bertz CT molecular complexity index is 344. The van der Waals surface area contributed by atoms with Gasteiger partial charge in [-0.15, -0.1) is 0 Å². The number of hydrogen-bond acceptors (Lipinski definition) is 4. The molecule has 1 fully saturated rings. The van der Waals surface area contributed by atoms with E-state index >= 15 is 0 Å². The Morgan fingerprint density at radius 2 is 1.88 bits per heavy atom. The second-order valence-corrected chi connectivity index (χ2v) is 7.15. The third-order valence-electron chi connectivity index (χ3n) is 3.28. The molecule has 5 nitrogen and oxygen atoms in total. The minimum absolute atomic E-state index is 0.164. The molecule has 1 saturated carbocycles. The summed E-state index contributed by atoms with van der Waals surface area (Å²) < 4.78 is 21.8. The highest BCUT2D eigenvalue weighted by Gasteiger charge is 2.25. The number of sulfone groups is 1. The number of hydrogen-bond donors (Lipinski definition) is 2. The summed E-state index contributed by atoms with van der Waals surface area (Å²) in [5, 5.41) is 12.0. The maximum Gasteiger partial charge on any atom is 0.306 e. The molecule has 0 heterocycles. The van der Waals surface area contributed by atoms with Crippen molar-refractivity contribution in [3.8, 4) is 0 Å². The molecular weight excluding hydrogens is 242 g/mol. The van der Waals surface area contributed by atoms with E-state index in [0.29, 0.717) is 12.5 Å². The van der Waals surface area contributed by atoms with Gasteiger partial charge in [-0.1, -0.05) is 0 Å². The molecule has 1 rings (SSSR count). The number of carbonyl (C=O) groups is 1. The molecule has 0 saturated heterocycles. The third-order valence-corrected chi connectivity index (χ3v) is 4.22. The molecule has 100 valence electrons. The average Bonchev–Trinajstić information content (AvgIpc) is 2.24. The van der Waals surface area contributed by atoms with Crippen LogP contribution in [0, 0.1) is 11.8 Å². The van der Waals surface area contributed by atoms with Crippen molar-refractivity contribution in [1.82, 2.24) is 5.32 Å². The van der Waals surface area contributed by atoms with Crippen molar-refractivity contribution in [3.63, 3.8) is 0 Å². The molecular formula is C11H21NO4S. The zero-order valence-corrected chi connectivity index (χ0v) is 11.0. The number of carboxylic acids is 1. The van der Waals surface area contributed by atoms with Crippen LogP contribution in [0.1, 0.15) is 25.7 Å². The summed E-state index contributed by atoms with van der Waals surface area (Å²) in [4.78, 5) is 10.7. The van der Waals surface area contributed by atoms with Gasteiger partial charge in [0.15, 0.2) is 0 Å². The Hall–Kier alpha value is -0.620. The molecule has 6 heteroatoms. The molecule has 0 spiro atoms. The molecule has 0 radical (unpaired) electrons. The van der Waals surface area contributed by atoms with Crippen molar-refractivity contribution >= 4 is 15.8 Å². The van der Waals surface area contributed by atoms with Gasteiger partial charge in [-0.3, -0.25) is 4.79 Å². The van der Waals surface area contributed by atoms with E-state index in [0.717, 1.165) is 32.2 Å². The zero-order valence-electron chi connectivity index (χ0n) is 10.2. The fraction of sp³-hybridized carbons (Fsp3) is 0.909. The highest BCUT2D eigenvalue weighted by molar-refractivity contribution is 7.90. The minimum atomic E-state index is -2.89. The van der Waals surface area contributed by atoms with Gasteiger partial charge in [-0.2, -0.15) is 0 Å². The first-order valence-electron chi connectivity index (χ1n) is 6.00. The number of rotatable bonds is 6. The molecule has 2 N–H and O–H groups in total. The largest absolute Gasteiger partial charge is 0.481 e. The van der Waals surface area contributed by atoms with Gasteiger partial charge in [0.1, 0.15) is 9.84 Å². The van der Waals surface area contributed by atoms with Crippen LogP contribution in [-0.4, -0.2) is 44.6 Å². The second kappa shape index (κ2) is 6.35. The topological polar surface area (TPSA) is 83.5 Å². The Labute approximate surface area is 103 Å². The van der Waals surface area contributed by atoms with Gasteiger partial charge in [0.2, 0.25) is 0 Å². The Morgan fingerprint density at radius 1 is 1.29 bits per heavy atom. The van der Waals surface area contributed by atoms with Crippen LogP contribution in [0.25, 0.3) is 0 Å². The van der Waals surface area contributed by atoms with E-state index in [9.17, 15) is 13.2 Å². The summed E-state index contributed by atoms with van der Waals surface area (Å²) in [6.45, 7) is 1.28. The fourth-order valence-electron chi connectivity index (χ4n) is 2.18. The van der Waals surface area contributed by atoms with Gasteiger partial charge in [-0.25, -0.2) is 8.42 Å². The summed E-state index contributed by atoms with van der Waals surface area (Å²) >= 11 is 0. The van der Waals surface area contributed by atoms with Crippen LogP contribution in [0.15, 0.2) is 0 Å². The Kier molecular flexibility index (Phi) is 5.39. The van der Waals surface area contributed by atoms with Crippen molar-refractivity contribution in [3.05, 3.63) is 0 Å². The zero-order chi connectivity index (χ0) is 12.9. The van der Waals surface area contributed by atoms with E-state index in [4.69, 9.17) is 5.11 Å². The van der Waals surface area contributed by atoms with Crippen LogP contribution in [0.5, 0.6) is 0 Å². The van der Waals surface area contributed by atoms with Crippen LogP contribution >= 0.6 is 0 Å². The van der Waals surface area contributed by atoms with Gasteiger partial charge >= 0.3 is 5.97 Å². The Balaban J connectivity index is 2.12. The van der Waals surface area contributed by atoms with Gasteiger partial charge in [0.25, 0.3) is 0 Å². The van der Waals surface area contributed by atoms with Crippen LogP contribution < -0.4 is 5.32 Å². The molecule has 0 aliphatic heterocycles. The first-order valence-corrected chi connectivity index (χ1v) is 8.06. The highest BCUT2D eigenvalue weighted by atomic mass is 32.2. The van der Waals surface area contributed by atoms with Crippen LogP contribution in [0.3, 0.4) is 0 Å². The van der Waals surface area contributed by atoms with Crippen molar-refractivity contribution in [2.75, 3.05) is 25.1 Å². The lowest BCUT2D eigenvalue weighted by Crippen LogP contribution is -2.31. The van der Waals surface area contributed by atoms with Crippen molar-refractivity contribution in [2.24, 2.45) is 11.8 Å². The van der Waals surface area contributed by atoms with Crippen molar-refractivity contribution in [1.29, 1.82) is 0 Å². The fourth-order valence-corrected chi connectivity index (χ4v) is 2.69. The normalized spacial score (nSPS) is 25.7. The molecule has 1 aliphatic carbocycles. The van der Waals surface area contributed by atoms with Gasteiger partial charge in [0, 0.05) is 12.8 Å². The van der Waals surface area contributed by atoms with Gasteiger partial charge in [-0.05, 0) is 38.1 Å². The van der Waals surface area contributed by atoms with Crippen LogP contribution in [-0.2, 0) is 14.6 Å². The van der Waals surface area contributed by atoms with Gasteiger partial charge in [0.05, 0.1) is 11.7 Å². The predicted octanol–water partition coefficient (Wildman–Crippen LogP) is 0.512. The quantitative estimate of drug-likeness (QED) is 0.682. The van der Waals surface area contributed by atoms with Crippen LogP contribution in [0.4, 0.5) is 0 Å². The van der Waals surface area contributed by atoms with E-state index in [1.165, 1.54) is 6.26 Å². The summed E-state index contributed by atoms with van der Waals surface area (Å²) in [6, 6.07) is 0. The molecule has 0 aromatic carbocycles. The first-order chi connectivity index (χ1) is 7.88. The van der Waals surface area contributed by atoms with Crippen molar-refractivity contribution in [2.45, 2.75) is 25.7 Å². The third kappa shape index (κ3) is 6.02. The summed E-state index contributed by atoms with van der Waals surface area (Å²) in [7, 11) is -2.89. The molecule has 0 atom stereocenters. The van der Waals surface area contributed by atoms with E-state index in [1.54, 1.807) is 0 Å². The lowest BCUT2D eigenvalue weighted by atomic mass is 9.82. The molecule has 0 bridgehead atoms. The van der Waals surface area contributed by atoms with Crippen molar-refractivity contribution < 1.29 is 18.3 Å². The maximum absolute atomic E-state index is 10.9. The molecule has 1 aliphatic rings. The minimum Gasteiger partial charge on any atom is -0.481 e. The maximum atomic E-state index is 10.9. The molecule has 0 amide bonds. The first kappa shape index (κ1) is 14.4. The standard InChI is InChI=1S/C11H21NO4S/c1-17(15,16)7-6-12-8-9-2-4-10(5-3-9)11(13)14/h9-10,12H,2-8H2,1H3,(H,13,14). The monoisotopic (exact) mass is 263 g/mol. The van der Waals surface area contributed by atoms with E-state index in [1.807, 2.05) is 0 Å². The highest BCUT2D eigenvalue weighted by Crippen LogP contribution is 2.28. The average molecular weight is 263 g/mol. The summed E-state index contributed by atoms with van der Waals surface area (Å²) in [5.41, 5.74) is 0. The van der Waals surface area contributed by atoms with E-state index < -0.39 is 15.8 Å². The lowest BCUT2D eigenvalue weighted by molar-refractivity contribution is -0.143. The number of aliphatic carboxylic acids is 1. The lowest BCUT2D eigenvalue weighted by Gasteiger charge is -2.26. The van der Waals surface area contributed by atoms with Crippen LogP contribution in [0.2, 0.25) is 0 Å². The Morgan fingerprint density at radius 3 is 2.35 bits per heavy atom. The van der Waals surface area contributed by atoms with Gasteiger partial charge < -0.3 is 10.4 Å². The molecule has 17 heavy (non-hydrogen) atoms. The molecule has 0 aromatic heterocycles. The number of carboxylic acid groups (broad SMARTS) is 1. The molecule has 0 unspecified atom stereocenters. The SMILES string of the molecule is CS(=O)(=O)CCNCC1CCC(C(=O)O)CC1. The number of nitrogens with one attached hydrogen (secondary N) is 1. The molecule has 0 aromatic rings. The van der Waals surface area contributed by atoms with E-state index in [2.05, 4.69) is 5.32 Å².